The Morgan fingerprint density at radius 3 is 2.66 bits per heavy atom. The molecule has 2 atom stereocenters. The predicted octanol–water partition coefficient (Wildman–Crippen LogP) is 6.67. The van der Waals surface area contributed by atoms with Crippen molar-refractivity contribution >= 4 is 40.5 Å². The SMILES string of the molecule is Cc1cc(N2CC(CCN[C@H](C)c3cccc4ccccc34)Oc3ccccc32)ccc1OCC(=O)O.Cl. The molecule has 2 N–H and O–H groups in total. The first-order chi connectivity index (χ1) is 18.0. The molecule has 4 aromatic carbocycles. The smallest absolute Gasteiger partial charge is 0.341 e. The minimum Gasteiger partial charge on any atom is -0.486 e. The van der Waals surface area contributed by atoms with Crippen LogP contribution in [0, 0.1) is 6.92 Å². The summed E-state index contributed by atoms with van der Waals surface area (Å²) in [6, 6.07) is 29.1. The molecule has 6 nitrogen and oxygen atoms in total. The Kier molecular flexibility index (Phi) is 8.77. The number of ether oxygens (including phenoxy) is 2. The summed E-state index contributed by atoms with van der Waals surface area (Å²) in [6.45, 7) is 5.33. The number of nitrogens with one attached hydrogen (secondary N) is 1. The lowest BCUT2D eigenvalue weighted by atomic mass is 9.99. The van der Waals surface area contributed by atoms with Gasteiger partial charge in [-0.2, -0.15) is 0 Å². The number of carboxylic acids is 1. The second-order valence-electron chi connectivity index (χ2n) is 9.48. The third-order valence-electron chi connectivity index (χ3n) is 6.86. The topological polar surface area (TPSA) is 71.0 Å². The number of benzene rings is 4. The van der Waals surface area contributed by atoms with Crippen LogP contribution in [0.5, 0.6) is 11.5 Å². The Morgan fingerprint density at radius 1 is 1.08 bits per heavy atom. The average Bonchev–Trinajstić information content (AvgIpc) is 2.91. The number of fused-ring (bicyclic) bond motifs is 2. The third kappa shape index (κ3) is 6.04. The second kappa shape index (κ2) is 12.2. The first-order valence-corrected chi connectivity index (χ1v) is 12.7. The van der Waals surface area contributed by atoms with E-state index in [9.17, 15) is 4.79 Å². The van der Waals surface area contributed by atoms with Crippen LogP contribution in [0.2, 0.25) is 0 Å². The molecule has 38 heavy (non-hydrogen) atoms. The highest BCUT2D eigenvalue weighted by Gasteiger charge is 2.27. The molecule has 1 heterocycles. The van der Waals surface area contributed by atoms with Crippen molar-refractivity contribution in [1.29, 1.82) is 0 Å². The van der Waals surface area contributed by atoms with E-state index in [1.54, 1.807) is 0 Å². The highest BCUT2D eigenvalue weighted by Crippen LogP contribution is 2.39. The van der Waals surface area contributed by atoms with Gasteiger partial charge in [0.25, 0.3) is 0 Å². The predicted molar refractivity (Wildman–Crippen MR) is 154 cm³/mol. The summed E-state index contributed by atoms with van der Waals surface area (Å²) in [5, 5.41) is 15.2. The second-order valence-corrected chi connectivity index (χ2v) is 9.48. The van der Waals surface area contributed by atoms with Crippen molar-refractivity contribution in [3.05, 3.63) is 96.1 Å². The number of hydrogen-bond acceptors (Lipinski definition) is 5. The lowest BCUT2D eigenvalue weighted by Crippen LogP contribution is -2.39. The minimum absolute atomic E-state index is 0. The van der Waals surface area contributed by atoms with Crippen LogP contribution in [0.25, 0.3) is 10.8 Å². The molecule has 4 aromatic rings. The molecule has 1 aliphatic rings. The van der Waals surface area contributed by atoms with E-state index in [4.69, 9.17) is 14.6 Å². The summed E-state index contributed by atoms with van der Waals surface area (Å²) in [4.78, 5) is 13.2. The Bertz CT molecular complexity index is 1400. The summed E-state index contributed by atoms with van der Waals surface area (Å²) in [5.74, 6) is 0.456. The summed E-state index contributed by atoms with van der Waals surface area (Å²) >= 11 is 0. The van der Waals surface area contributed by atoms with Crippen molar-refractivity contribution in [3.8, 4) is 11.5 Å². The molecule has 0 bridgehead atoms. The van der Waals surface area contributed by atoms with Crippen molar-refractivity contribution in [1.82, 2.24) is 5.32 Å². The number of hydrogen-bond donors (Lipinski definition) is 2. The van der Waals surface area contributed by atoms with Crippen LogP contribution >= 0.6 is 12.4 Å². The molecule has 1 unspecified atom stereocenters. The van der Waals surface area contributed by atoms with Gasteiger partial charge in [0.15, 0.2) is 6.61 Å². The average molecular weight is 533 g/mol. The Hall–Kier alpha value is -3.74. The van der Waals surface area contributed by atoms with Crippen molar-refractivity contribution < 1.29 is 19.4 Å². The molecule has 0 aromatic heterocycles. The molecule has 5 rings (SSSR count). The van der Waals surface area contributed by atoms with E-state index >= 15 is 0 Å². The number of carbonyl (C=O) groups is 1. The summed E-state index contributed by atoms with van der Waals surface area (Å²) in [7, 11) is 0. The minimum atomic E-state index is -0.989. The molecular formula is C31H33ClN2O4. The van der Waals surface area contributed by atoms with Gasteiger partial charge in [0.1, 0.15) is 17.6 Å². The fourth-order valence-corrected chi connectivity index (χ4v) is 5.00. The highest BCUT2D eigenvalue weighted by molar-refractivity contribution is 5.86. The van der Waals surface area contributed by atoms with E-state index in [0.717, 1.165) is 42.2 Å². The largest absolute Gasteiger partial charge is 0.486 e. The number of aryl methyl sites for hydroxylation is 1. The molecule has 1 aliphatic heterocycles. The number of rotatable bonds is 9. The Morgan fingerprint density at radius 2 is 1.84 bits per heavy atom. The van der Waals surface area contributed by atoms with Crippen molar-refractivity contribution in [2.75, 3.05) is 24.6 Å². The lowest BCUT2D eigenvalue weighted by molar-refractivity contribution is -0.139. The Balaban J connectivity index is 0.00000336. The maximum absolute atomic E-state index is 10.9. The first kappa shape index (κ1) is 27.3. The van der Waals surface area contributed by atoms with E-state index in [2.05, 4.69) is 65.7 Å². The van der Waals surface area contributed by atoms with Crippen LogP contribution in [0.4, 0.5) is 11.4 Å². The zero-order chi connectivity index (χ0) is 25.8. The van der Waals surface area contributed by atoms with Gasteiger partial charge < -0.3 is 24.8 Å². The third-order valence-corrected chi connectivity index (χ3v) is 6.86. The summed E-state index contributed by atoms with van der Waals surface area (Å²) in [5.41, 5.74) is 4.24. The van der Waals surface area contributed by atoms with Crippen LogP contribution < -0.4 is 19.7 Å². The van der Waals surface area contributed by atoms with Gasteiger partial charge in [-0.25, -0.2) is 4.79 Å². The fourth-order valence-electron chi connectivity index (χ4n) is 5.00. The number of halogens is 1. The van der Waals surface area contributed by atoms with E-state index in [1.165, 1.54) is 16.3 Å². The molecule has 198 valence electrons. The molecule has 0 aliphatic carbocycles. The molecule has 0 saturated carbocycles. The molecule has 0 amide bonds. The Labute approximate surface area is 229 Å². The van der Waals surface area contributed by atoms with Gasteiger partial charge in [-0.1, -0.05) is 54.6 Å². The molecule has 7 heteroatoms. The molecule has 0 radical (unpaired) electrons. The summed E-state index contributed by atoms with van der Waals surface area (Å²) in [6.07, 6.45) is 0.879. The van der Waals surface area contributed by atoms with Crippen LogP contribution in [-0.2, 0) is 4.79 Å². The van der Waals surface area contributed by atoms with E-state index in [-0.39, 0.29) is 31.2 Å². The highest BCUT2D eigenvalue weighted by atomic mass is 35.5. The first-order valence-electron chi connectivity index (χ1n) is 12.7. The van der Waals surface area contributed by atoms with Gasteiger partial charge in [0, 0.05) is 11.7 Å². The lowest BCUT2D eigenvalue weighted by Gasteiger charge is -2.37. The molecule has 0 spiro atoms. The maximum atomic E-state index is 10.9. The van der Waals surface area contributed by atoms with Crippen LogP contribution in [-0.4, -0.2) is 36.9 Å². The number of para-hydroxylation sites is 2. The van der Waals surface area contributed by atoms with Crippen LogP contribution in [0.1, 0.15) is 30.5 Å². The monoisotopic (exact) mass is 532 g/mol. The van der Waals surface area contributed by atoms with Crippen molar-refractivity contribution in [2.45, 2.75) is 32.4 Å². The quantitative estimate of drug-likeness (QED) is 0.251. The van der Waals surface area contributed by atoms with E-state index < -0.39 is 5.97 Å². The standard InChI is InChI=1S/C31H32N2O4.ClH/c1-21-18-24(14-15-29(21)36-20-31(34)35)33-19-25(37-30-13-6-5-12-28(30)33)16-17-32-22(2)26-11-7-9-23-8-3-4-10-27(23)26;/h3-15,18,22,25,32H,16-17,19-20H2,1-2H3,(H,34,35);1H/t22-,25?;/m1./s1. The normalized spacial score (nSPS) is 15.2. The van der Waals surface area contributed by atoms with Gasteiger partial charge in [-0.3, -0.25) is 0 Å². The van der Waals surface area contributed by atoms with Crippen molar-refractivity contribution in [2.24, 2.45) is 0 Å². The van der Waals surface area contributed by atoms with Gasteiger partial charge in [0.05, 0.1) is 12.2 Å². The maximum Gasteiger partial charge on any atom is 0.341 e. The number of anilines is 2. The van der Waals surface area contributed by atoms with Crippen LogP contribution in [0.3, 0.4) is 0 Å². The van der Waals surface area contributed by atoms with E-state index in [0.29, 0.717) is 5.75 Å². The zero-order valence-electron chi connectivity index (χ0n) is 21.6. The van der Waals surface area contributed by atoms with Crippen LogP contribution in [0.15, 0.2) is 84.9 Å². The number of nitrogens with zero attached hydrogens (tertiary/aromatic N) is 1. The molecule has 0 saturated heterocycles. The number of aliphatic carboxylic acids is 1. The fraction of sp³-hybridized carbons (Fsp3) is 0.258. The van der Waals surface area contributed by atoms with Crippen molar-refractivity contribution in [3.63, 3.8) is 0 Å². The molecule has 0 fully saturated rings. The zero-order valence-corrected chi connectivity index (χ0v) is 22.4. The molecular weight excluding hydrogens is 500 g/mol. The van der Waals surface area contributed by atoms with Gasteiger partial charge in [-0.15, -0.1) is 12.4 Å². The van der Waals surface area contributed by atoms with Gasteiger partial charge >= 0.3 is 5.97 Å². The van der Waals surface area contributed by atoms with E-state index in [1.807, 2.05) is 43.3 Å². The number of carboxylic acid groups (broad SMARTS) is 1. The van der Waals surface area contributed by atoms with Gasteiger partial charge in [0.2, 0.25) is 0 Å². The van der Waals surface area contributed by atoms with Gasteiger partial charge in [-0.05, 0) is 79.0 Å². The summed E-state index contributed by atoms with van der Waals surface area (Å²) < 4.78 is 11.8.